The Balaban J connectivity index is 1.42. The van der Waals surface area contributed by atoms with Gasteiger partial charge < -0.3 is 10.7 Å². The fourth-order valence-electron chi connectivity index (χ4n) is 3.46. The van der Waals surface area contributed by atoms with E-state index < -0.39 is 0 Å². The molecule has 7 heteroatoms. The number of aryl methyl sites for hydroxylation is 1. The Kier molecular flexibility index (Phi) is 7.15. The lowest BCUT2D eigenvalue weighted by Gasteiger charge is -2.32. The molecule has 0 bridgehead atoms. The van der Waals surface area contributed by atoms with Crippen LogP contribution in [0.1, 0.15) is 44.0 Å². The minimum Gasteiger partial charge on any atom is -0.342 e. The number of amides is 1. The van der Waals surface area contributed by atoms with Crippen LogP contribution in [0.25, 0.3) is 0 Å². The van der Waals surface area contributed by atoms with E-state index in [9.17, 15) is 4.79 Å². The summed E-state index contributed by atoms with van der Waals surface area (Å²) in [6.07, 6.45) is 6.20. The number of aromatic nitrogens is 3. The van der Waals surface area contributed by atoms with E-state index in [-0.39, 0.29) is 5.91 Å². The first-order valence-corrected chi connectivity index (χ1v) is 10.8. The van der Waals surface area contributed by atoms with Crippen molar-refractivity contribution in [3.8, 4) is 0 Å². The van der Waals surface area contributed by atoms with E-state index in [0.717, 1.165) is 57.4 Å². The molecule has 146 valence electrons. The molecule has 1 fully saturated rings. The number of likely N-dealkylation sites (tertiary alicyclic amines) is 1. The average molecular weight is 388 g/mol. The van der Waals surface area contributed by atoms with Gasteiger partial charge in [0.05, 0.1) is 5.75 Å². The molecule has 1 aromatic heterocycles. The topological polar surface area (TPSA) is 77.0 Å². The zero-order valence-corrected chi connectivity index (χ0v) is 16.8. The Morgan fingerprint density at radius 3 is 2.67 bits per heavy atom. The predicted octanol–water partition coefficient (Wildman–Crippen LogP) is 2.91. The Morgan fingerprint density at radius 1 is 1.22 bits per heavy atom. The van der Waals surface area contributed by atoms with E-state index in [1.54, 1.807) is 0 Å². The third-order valence-corrected chi connectivity index (χ3v) is 6.08. The Hall–Kier alpha value is -2.02. The van der Waals surface area contributed by atoms with E-state index in [4.69, 9.17) is 5.84 Å². The number of nitrogens with zero attached hydrogens (tertiary/aromatic N) is 4. The van der Waals surface area contributed by atoms with Gasteiger partial charge in [0.15, 0.2) is 5.82 Å². The van der Waals surface area contributed by atoms with E-state index in [1.807, 2.05) is 4.90 Å². The number of piperidine rings is 1. The number of nitrogen functional groups attached to an aromatic ring is 1. The molecule has 27 heavy (non-hydrogen) atoms. The van der Waals surface area contributed by atoms with Crippen LogP contribution in [0.2, 0.25) is 0 Å². The van der Waals surface area contributed by atoms with Gasteiger partial charge in [-0.05, 0) is 37.2 Å². The van der Waals surface area contributed by atoms with Crippen molar-refractivity contribution >= 4 is 17.7 Å². The third kappa shape index (κ3) is 5.48. The van der Waals surface area contributed by atoms with Gasteiger partial charge in [0.2, 0.25) is 11.1 Å². The highest BCUT2D eigenvalue weighted by Crippen LogP contribution is 2.23. The van der Waals surface area contributed by atoms with Gasteiger partial charge in [0.1, 0.15) is 0 Å². The molecule has 2 aromatic rings. The number of hydrogen-bond acceptors (Lipinski definition) is 5. The number of carbonyl (C=O) groups is 1. The molecule has 1 aliphatic rings. The zero-order chi connectivity index (χ0) is 19.1. The summed E-state index contributed by atoms with van der Waals surface area (Å²) in [6, 6.07) is 10.6. The summed E-state index contributed by atoms with van der Waals surface area (Å²) in [5.74, 6) is 8.03. The van der Waals surface area contributed by atoms with Crippen molar-refractivity contribution in [2.75, 3.05) is 24.7 Å². The number of rotatable bonds is 8. The SMILES string of the molecule is CCCCc1nnc(SCC(=O)N2CCC(Cc3ccccc3)CC2)n1N. The highest BCUT2D eigenvalue weighted by Gasteiger charge is 2.23. The molecule has 0 spiro atoms. The van der Waals surface area contributed by atoms with Gasteiger partial charge in [-0.3, -0.25) is 4.79 Å². The number of hydrogen-bond donors (Lipinski definition) is 1. The summed E-state index contributed by atoms with van der Waals surface area (Å²) >= 11 is 1.38. The van der Waals surface area contributed by atoms with Crippen molar-refractivity contribution in [2.45, 2.75) is 50.6 Å². The van der Waals surface area contributed by atoms with Gasteiger partial charge in [0, 0.05) is 19.5 Å². The zero-order valence-electron chi connectivity index (χ0n) is 16.0. The predicted molar refractivity (Wildman–Crippen MR) is 109 cm³/mol. The van der Waals surface area contributed by atoms with Crippen molar-refractivity contribution in [2.24, 2.45) is 5.92 Å². The van der Waals surface area contributed by atoms with E-state index >= 15 is 0 Å². The summed E-state index contributed by atoms with van der Waals surface area (Å²) in [6.45, 7) is 3.82. The van der Waals surface area contributed by atoms with Crippen LogP contribution < -0.4 is 5.84 Å². The first-order chi connectivity index (χ1) is 13.2. The van der Waals surface area contributed by atoms with Crippen molar-refractivity contribution in [3.63, 3.8) is 0 Å². The molecular weight excluding hydrogens is 358 g/mol. The van der Waals surface area contributed by atoms with Crippen LogP contribution in [0.4, 0.5) is 0 Å². The molecule has 2 heterocycles. The van der Waals surface area contributed by atoms with Crippen LogP contribution in [0.5, 0.6) is 0 Å². The minimum atomic E-state index is 0.163. The highest BCUT2D eigenvalue weighted by molar-refractivity contribution is 7.99. The molecule has 1 saturated heterocycles. The molecule has 3 rings (SSSR count). The van der Waals surface area contributed by atoms with Crippen LogP contribution in [0, 0.1) is 5.92 Å². The Bertz CT molecular complexity index is 725. The molecule has 1 aliphatic heterocycles. The second-order valence-corrected chi connectivity index (χ2v) is 8.12. The van der Waals surface area contributed by atoms with Crippen LogP contribution >= 0.6 is 11.8 Å². The number of carbonyl (C=O) groups excluding carboxylic acids is 1. The number of unbranched alkanes of at least 4 members (excludes halogenated alkanes) is 1. The van der Waals surface area contributed by atoms with Crippen molar-refractivity contribution in [1.29, 1.82) is 0 Å². The standard InChI is InChI=1S/C20H29N5OS/c1-2-3-9-18-22-23-20(25(18)21)27-15-19(26)24-12-10-17(11-13-24)14-16-7-5-4-6-8-16/h4-8,17H,2-3,9-15,21H2,1H3. The van der Waals surface area contributed by atoms with Crippen molar-refractivity contribution in [3.05, 3.63) is 41.7 Å². The fraction of sp³-hybridized carbons (Fsp3) is 0.550. The average Bonchev–Trinajstić information content (AvgIpc) is 3.05. The van der Waals surface area contributed by atoms with E-state index in [1.165, 1.54) is 22.0 Å². The smallest absolute Gasteiger partial charge is 0.233 e. The van der Waals surface area contributed by atoms with Crippen molar-refractivity contribution in [1.82, 2.24) is 19.8 Å². The third-order valence-electron chi connectivity index (χ3n) is 5.15. The lowest BCUT2D eigenvalue weighted by molar-refractivity contribution is -0.129. The molecule has 0 radical (unpaired) electrons. The first-order valence-electron chi connectivity index (χ1n) is 9.81. The lowest BCUT2D eigenvalue weighted by atomic mass is 9.90. The Morgan fingerprint density at radius 2 is 1.96 bits per heavy atom. The molecule has 6 nitrogen and oxygen atoms in total. The quantitative estimate of drug-likeness (QED) is 0.557. The maximum Gasteiger partial charge on any atom is 0.233 e. The maximum absolute atomic E-state index is 12.5. The molecule has 0 saturated carbocycles. The second-order valence-electron chi connectivity index (χ2n) is 7.17. The van der Waals surface area contributed by atoms with Gasteiger partial charge in [-0.15, -0.1) is 10.2 Å². The second kappa shape index (κ2) is 9.78. The van der Waals surface area contributed by atoms with Crippen LogP contribution in [0.15, 0.2) is 35.5 Å². The molecule has 0 aliphatic carbocycles. The summed E-state index contributed by atoms with van der Waals surface area (Å²) in [5.41, 5.74) is 1.39. The van der Waals surface area contributed by atoms with E-state index in [0.29, 0.717) is 16.8 Å². The lowest BCUT2D eigenvalue weighted by Crippen LogP contribution is -2.39. The summed E-state index contributed by atoms with van der Waals surface area (Å²) in [7, 11) is 0. The maximum atomic E-state index is 12.5. The van der Waals surface area contributed by atoms with Gasteiger partial charge >= 0.3 is 0 Å². The Labute approximate surface area is 165 Å². The van der Waals surface area contributed by atoms with Gasteiger partial charge in [-0.25, -0.2) is 4.68 Å². The van der Waals surface area contributed by atoms with Crippen LogP contribution in [-0.2, 0) is 17.6 Å². The summed E-state index contributed by atoms with van der Waals surface area (Å²) in [4.78, 5) is 14.5. The molecule has 0 unspecified atom stereocenters. The normalized spacial score (nSPS) is 15.2. The molecular formula is C20H29N5OS. The largest absolute Gasteiger partial charge is 0.342 e. The summed E-state index contributed by atoms with van der Waals surface area (Å²) < 4.78 is 1.53. The van der Waals surface area contributed by atoms with Crippen molar-refractivity contribution < 1.29 is 4.79 Å². The molecule has 0 atom stereocenters. The van der Waals surface area contributed by atoms with Crippen LogP contribution in [0.3, 0.4) is 0 Å². The monoisotopic (exact) mass is 387 g/mol. The van der Waals surface area contributed by atoms with Gasteiger partial charge in [-0.1, -0.05) is 55.4 Å². The van der Waals surface area contributed by atoms with Crippen LogP contribution in [-0.4, -0.2) is 44.5 Å². The number of benzene rings is 1. The fourth-order valence-corrected chi connectivity index (χ4v) is 4.24. The minimum absolute atomic E-state index is 0.163. The van der Waals surface area contributed by atoms with Gasteiger partial charge in [-0.2, -0.15) is 0 Å². The summed E-state index contributed by atoms with van der Waals surface area (Å²) in [5, 5.41) is 8.88. The molecule has 2 N–H and O–H groups in total. The van der Waals surface area contributed by atoms with Gasteiger partial charge in [0.25, 0.3) is 0 Å². The number of thioether (sulfide) groups is 1. The molecule has 1 aromatic carbocycles. The van der Waals surface area contributed by atoms with E-state index in [2.05, 4.69) is 47.5 Å². The number of nitrogens with two attached hydrogens (primary N) is 1. The molecule has 1 amide bonds. The highest BCUT2D eigenvalue weighted by atomic mass is 32.2. The first kappa shape index (κ1) is 19.7.